The van der Waals surface area contributed by atoms with Gasteiger partial charge in [0.25, 0.3) is 0 Å². The van der Waals surface area contributed by atoms with E-state index in [1.54, 1.807) is 12.1 Å². The summed E-state index contributed by atoms with van der Waals surface area (Å²) in [4.78, 5) is 10.6. The van der Waals surface area contributed by atoms with Crippen LogP contribution in [0.1, 0.15) is 16.7 Å². The van der Waals surface area contributed by atoms with Crippen molar-refractivity contribution in [3.63, 3.8) is 0 Å². The van der Waals surface area contributed by atoms with E-state index in [0.29, 0.717) is 20.9 Å². The van der Waals surface area contributed by atoms with E-state index in [-0.39, 0.29) is 6.42 Å². The highest BCUT2D eigenvalue weighted by atomic mass is 79.9. The first-order chi connectivity index (χ1) is 7.08. The zero-order chi connectivity index (χ0) is 11.4. The number of nitriles is 1. The van der Waals surface area contributed by atoms with E-state index in [0.717, 1.165) is 5.56 Å². The van der Waals surface area contributed by atoms with Crippen molar-refractivity contribution in [2.45, 2.75) is 11.8 Å². The molecule has 0 aliphatic heterocycles. The van der Waals surface area contributed by atoms with Gasteiger partial charge < -0.3 is 5.11 Å². The maximum absolute atomic E-state index is 10.6. The molecule has 0 bridgehead atoms. The largest absolute Gasteiger partial charge is 0.481 e. The second-order valence-corrected chi connectivity index (χ2v) is 4.33. The predicted molar refractivity (Wildman–Crippen MR) is 62.8 cm³/mol. The van der Waals surface area contributed by atoms with Gasteiger partial charge in [-0.25, -0.2) is 0 Å². The second-order valence-electron chi connectivity index (χ2n) is 2.91. The number of alkyl halides is 1. The SMILES string of the molecule is N#Cc1cc(Br)c(CC(=O)O)c(CBr)c1. The molecule has 0 saturated carbocycles. The molecule has 0 heterocycles. The van der Waals surface area contributed by atoms with Gasteiger partial charge >= 0.3 is 5.97 Å². The fourth-order valence-electron chi connectivity index (χ4n) is 1.23. The van der Waals surface area contributed by atoms with Crippen molar-refractivity contribution in [3.05, 3.63) is 33.3 Å². The van der Waals surface area contributed by atoms with Crippen molar-refractivity contribution in [2.75, 3.05) is 0 Å². The molecule has 0 spiro atoms. The van der Waals surface area contributed by atoms with Gasteiger partial charge in [-0.3, -0.25) is 4.79 Å². The van der Waals surface area contributed by atoms with Crippen LogP contribution >= 0.6 is 31.9 Å². The normalized spacial score (nSPS) is 9.67. The molecule has 0 aromatic heterocycles. The molecule has 0 atom stereocenters. The summed E-state index contributed by atoms with van der Waals surface area (Å²) in [7, 11) is 0. The molecule has 15 heavy (non-hydrogen) atoms. The van der Waals surface area contributed by atoms with Gasteiger partial charge in [0.05, 0.1) is 18.1 Å². The molecule has 1 aromatic rings. The maximum Gasteiger partial charge on any atom is 0.307 e. The molecule has 0 fully saturated rings. The van der Waals surface area contributed by atoms with Gasteiger partial charge in [0.2, 0.25) is 0 Å². The van der Waals surface area contributed by atoms with E-state index in [1.807, 2.05) is 6.07 Å². The smallest absolute Gasteiger partial charge is 0.307 e. The Labute approximate surface area is 104 Å². The van der Waals surface area contributed by atoms with Crippen LogP contribution in [0, 0.1) is 11.3 Å². The lowest BCUT2D eigenvalue weighted by molar-refractivity contribution is -0.136. The summed E-state index contributed by atoms with van der Waals surface area (Å²) < 4.78 is 0.665. The number of nitrogens with zero attached hydrogens (tertiary/aromatic N) is 1. The Bertz CT molecular complexity index is 438. The van der Waals surface area contributed by atoms with E-state index in [2.05, 4.69) is 31.9 Å². The van der Waals surface area contributed by atoms with Crippen molar-refractivity contribution in [3.8, 4) is 6.07 Å². The maximum atomic E-state index is 10.6. The Morgan fingerprint density at radius 1 is 1.53 bits per heavy atom. The summed E-state index contributed by atoms with van der Waals surface area (Å²) in [6, 6.07) is 5.35. The number of rotatable bonds is 3. The lowest BCUT2D eigenvalue weighted by atomic mass is 10.0. The third-order valence-electron chi connectivity index (χ3n) is 1.89. The van der Waals surface area contributed by atoms with Gasteiger partial charge in [-0.15, -0.1) is 0 Å². The summed E-state index contributed by atoms with van der Waals surface area (Å²) in [6.45, 7) is 0. The van der Waals surface area contributed by atoms with Gasteiger partial charge in [-0.05, 0) is 23.3 Å². The van der Waals surface area contributed by atoms with Crippen LogP contribution in [0.3, 0.4) is 0 Å². The van der Waals surface area contributed by atoms with Crippen molar-refractivity contribution in [1.29, 1.82) is 5.26 Å². The Morgan fingerprint density at radius 2 is 2.20 bits per heavy atom. The molecule has 5 heteroatoms. The average Bonchev–Trinajstić information content (AvgIpc) is 2.20. The van der Waals surface area contributed by atoms with Crippen molar-refractivity contribution in [1.82, 2.24) is 0 Å². The lowest BCUT2D eigenvalue weighted by Crippen LogP contribution is -2.04. The molecule has 0 aliphatic rings. The first-order valence-corrected chi connectivity index (χ1v) is 5.99. The zero-order valence-corrected chi connectivity index (χ0v) is 10.8. The molecule has 0 amide bonds. The Morgan fingerprint density at radius 3 is 2.67 bits per heavy atom. The van der Waals surface area contributed by atoms with Crippen LogP contribution in [0.5, 0.6) is 0 Å². The number of hydrogen-bond donors (Lipinski definition) is 1. The lowest BCUT2D eigenvalue weighted by Gasteiger charge is -2.08. The number of benzene rings is 1. The number of aliphatic carboxylic acids is 1. The fourth-order valence-corrected chi connectivity index (χ4v) is 2.37. The molecule has 0 unspecified atom stereocenters. The highest BCUT2D eigenvalue weighted by Crippen LogP contribution is 2.25. The zero-order valence-electron chi connectivity index (χ0n) is 7.63. The van der Waals surface area contributed by atoms with Gasteiger partial charge in [-0.1, -0.05) is 31.9 Å². The molecule has 78 valence electrons. The number of carbonyl (C=O) groups is 1. The highest BCUT2D eigenvalue weighted by molar-refractivity contribution is 9.10. The minimum absolute atomic E-state index is 0.0484. The summed E-state index contributed by atoms with van der Waals surface area (Å²) in [5, 5.41) is 18.0. The first kappa shape index (κ1) is 12.2. The molecular formula is C10H7Br2NO2. The summed E-state index contributed by atoms with van der Waals surface area (Å²) in [5.41, 5.74) is 2.05. The molecule has 0 aliphatic carbocycles. The Balaban J connectivity index is 3.25. The van der Waals surface area contributed by atoms with Gasteiger partial charge in [0, 0.05) is 9.80 Å². The van der Waals surface area contributed by atoms with E-state index >= 15 is 0 Å². The first-order valence-electron chi connectivity index (χ1n) is 4.07. The van der Waals surface area contributed by atoms with E-state index in [1.165, 1.54) is 0 Å². The van der Waals surface area contributed by atoms with E-state index in [4.69, 9.17) is 10.4 Å². The van der Waals surface area contributed by atoms with Crippen molar-refractivity contribution in [2.24, 2.45) is 0 Å². The number of carboxylic acids is 1. The van der Waals surface area contributed by atoms with Gasteiger partial charge in [-0.2, -0.15) is 5.26 Å². The molecule has 1 rings (SSSR count). The minimum Gasteiger partial charge on any atom is -0.481 e. The van der Waals surface area contributed by atoms with Crippen LogP contribution in [0.25, 0.3) is 0 Å². The van der Waals surface area contributed by atoms with Crippen LogP contribution in [-0.2, 0) is 16.5 Å². The molecule has 0 radical (unpaired) electrons. The molecule has 0 saturated heterocycles. The number of carboxylic acid groups (broad SMARTS) is 1. The number of hydrogen-bond acceptors (Lipinski definition) is 2. The number of halogens is 2. The molecule has 3 nitrogen and oxygen atoms in total. The van der Waals surface area contributed by atoms with Crippen LogP contribution in [0.2, 0.25) is 0 Å². The Kier molecular flexibility index (Phi) is 4.30. The van der Waals surface area contributed by atoms with Crippen LogP contribution in [0.4, 0.5) is 0 Å². The van der Waals surface area contributed by atoms with Crippen molar-refractivity contribution < 1.29 is 9.90 Å². The van der Waals surface area contributed by atoms with E-state index in [9.17, 15) is 4.79 Å². The van der Waals surface area contributed by atoms with Crippen LogP contribution in [0.15, 0.2) is 16.6 Å². The van der Waals surface area contributed by atoms with Crippen LogP contribution < -0.4 is 0 Å². The van der Waals surface area contributed by atoms with Crippen molar-refractivity contribution >= 4 is 37.8 Å². The fraction of sp³-hybridized carbons (Fsp3) is 0.200. The highest BCUT2D eigenvalue weighted by Gasteiger charge is 2.11. The average molecular weight is 333 g/mol. The quantitative estimate of drug-likeness (QED) is 0.866. The monoisotopic (exact) mass is 331 g/mol. The van der Waals surface area contributed by atoms with Gasteiger partial charge in [0.15, 0.2) is 0 Å². The summed E-state index contributed by atoms with van der Waals surface area (Å²) in [6.07, 6.45) is -0.0484. The topological polar surface area (TPSA) is 61.1 Å². The standard InChI is InChI=1S/C10H7Br2NO2/c11-4-7-1-6(5-13)2-9(12)8(7)3-10(14)15/h1-2H,3-4H2,(H,14,15). The molecule has 1 N–H and O–H groups in total. The van der Waals surface area contributed by atoms with E-state index < -0.39 is 5.97 Å². The third-order valence-corrected chi connectivity index (χ3v) is 3.20. The second kappa shape index (κ2) is 5.29. The Hall–Kier alpha value is -0.860. The van der Waals surface area contributed by atoms with Gasteiger partial charge in [0.1, 0.15) is 0 Å². The summed E-state index contributed by atoms with van der Waals surface area (Å²) in [5.74, 6) is -0.886. The third kappa shape index (κ3) is 3.05. The molecular weight excluding hydrogens is 326 g/mol. The molecule has 1 aromatic carbocycles. The predicted octanol–water partition coefficient (Wildman–Crippen LogP) is 2.84. The minimum atomic E-state index is -0.886. The van der Waals surface area contributed by atoms with Crippen LogP contribution in [-0.4, -0.2) is 11.1 Å². The summed E-state index contributed by atoms with van der Waals surface area (Å²) >= 11 is 6.55.